The fourth-order valence-electron chi connectivity index (χ4n) is 3.66. The molecule has 112 valence electrons. The van der Waals surface area contributed by atoms with Crippen LogP contribution in [0.2, 0.25) is 0 Å². The van der Waals surface area contributed by atoms with Crippen molar-refractivity contribution in [3.05, 3.63) is 0 Å². The van der Waals surface area contributed by atoms with E-state index in [0.717, 1.165) is 18.0 Å². The average molecular weight is 266 g/mol. The molecule has 4 unspecified atom stereocenters. The molecule has 2 heteroatoms. The highest BCUT2D eigenvalue weighted by molar-refractivity contribution is 4.92. The molecule has 2 N–H and O–H groups in total. The summed E-state index contributed by atoms with van der Waals surface area (Å²) in [5, 5.41) is 7.76. The van der Waals surface area contributed by atoms with Gasteiger partial charge in [0.25, 0.3) is 0 Å². The Hall–Kier alpha value is -0.0800. The lowest BCUT2D eigenvalue weighted by atomic mass is 9.76. The lowest BCUT2D eigenvalue weighted by Gasteiger charge is -2.43. The smallest absolute Gasteiger partial charge is 0.0113 e. The average Bonchev–Trinajstić information content (AvgIpc) is 2.39. The molecule has 1 saturated carbocycles. The van der Waals surface area contributed by atoms with Crippen LogP contribution in [0.3, 0.4) is 0 Å². The van der Waals surface area contributed by atoms with Gasteiger partial charge in [0.2, 0.25) is 0 Å². The molecule has 0 radical (unpaired) electrons. The highest BCUT2D eigenvalue weighted by Crippen LogP contribution is 2.32. The molecule has 2 rings (SSSR count). The van der Waals surface area contributed by atoms with E-state index < -0.39 is 0 Å². The molecule has 19 heavy (non-hydrogen) atoms. The maximum absolute atomic E-state index is 3.97. The third-order valence-electron chi connectivity index (χ3n) is 5.45. The molecule has 0 aromatic carbocycles. The summed E-state index contributed by atoms with van der Waals surface area (Å²) in [6, 6.07) is 2.11. The minimum absolute atomic E-state index is 0.363. The largest absolute Gasteiger partial charge is 0.314 e. The van der Waals surface area contributed by atoms with Crippen LogP contribution in [0.15, 0.2) is 0 Å². The van der Waals surface area contributed by atoms with Gasteiger partial charge in [-0.3, -0.25) is 0 Å². The maximum atomic E-state index is 3.97. The minimum Gasteiger partial charge on any atom is -0.314 e. The summed E-state index contributed by atoms with van der Waals surface area (Å²) in [6.45, 7) is 10.6. The van der Waals surface area contributed by atoms with Crippen molar-refractivity contribution in [1.29, 1.82) is 0 Å². The normalized spacial score (nSPS) is 35.1. The number of hydrogen-bond acceptors (Lipinski definition) is 2. The first kappa shape index (κ1) is 15.3. The summed E-state index contributed by atoms with van der Waals surface area (Å²) in [5.41, 5.74) is 0.363. The van der Waals surface area contributed by atoms with Gasteiger partial charge in [-0.1, -0.05) is 40.0 Å². The van der Waals surface area contributed by atoms with E-state index in [2.05, 4.69) is 38.3 Å². The first-order valence-electron chi connectivity index (χ1n) is 8.48. The summed E-state index contributed by atoms with van der Waals surface area (Å²) in [4.78, 5) is 0. The van der Waals surface area contributed by atoms with Crippen LogP contribution in [0, 0.1) is 11.3 Å². The monoisotopic (exact) mass is 266 g/mol. The van der Waals surface area contributed by atoms with Crippen molar-refractivity contribution in [1.82, 2.24) is 10.6 Å². The highest BCUT2D eigenvalue weighted by Gasteiger charge is 2.34. The summed E-state index contributed by atoms with van der Waals surface area (Å²) >= 11 is 0. The van der Waals surface area contributed by atoms with Crippen LogP contribution >= 0.6 is 0 Å². The SMILES string of the molecule is CC(NC1CCCCC1C1CCCCN1)C(C)(C)C. The van der Waals surface area contributed by atoms with Gasteiger partial charge in [-0.2, -0.15) is 0 Å². The van der Waals surface area contributed by atoms with Crippen molar-refractivity contribution in [3.63, 3.8) is 0 Å². The van der Waals surface area contributed by atoms with E-state index in [1.807, 2.05) is 0 Å². The van der Waals surface area contributed by atoms with E-state index >= 15 is 0 Å². The quantitative estimate of drug-likeness (QED) is 0.813. The van der Waals surface area contributed by atoms with Crippen LogP contribution in [-0.2, 0) is 0 Å². The van der Waals surface area contributed by atoms with E-state index in [-0.39, 0.29) is 0 Å². The van der Waals surface area contributed by atoms with Crippen molar-refractivity contribution in [3.8, 4) is 0 Å². The number of hydrogen-bond donors (Lipinski definition) is 2. The van der Waals surface area contributed by atoms with Gasteiger partial charge in [-0.05, 0) is 50.5 Å². The lowest BCUT2D eigenvalue weighted by Crippen LogP contribution is -2.54. The predicted octanol–water partition coefficient (Wildman–Crippen LogP) is 3.71. The molecule has 1 aliphatic carbocycles. The van der Waals surface area contributed by atoms with Crippen LogP contribution in [0.1, 0.15) is 72.6 Å². The molecular formula is C17H34N2. The molecule has 2 nitrogen and oxygen atoms in total. The summed E-state index contributed by atoms with van der Waals surface area (Å²) in [7, 11) is 0. The Labute approximate surface area is 120 Å². The second kappa shape index (κ2) is 6.58. The van der Waals surface area contributed by atoms with Crippen molar-refractivity contribution >= 4 is 0 Å². The van der Waals surface area contributed by atoms with E-state index in [9.17, 15) is 0 Å². The van der Waals surface area contributed by atoms with Crippen LogP contribution in [-0.4, -0.2) is 24.7 Å². The van der Waals surface area contributed by atoms with Crippen molar-refractivity contribution in [2.75, 3.05) is 6.54 Å². The Morgan fingerprint density at radius 1 is 1.00 bits per heavy atom. The highest BCUT2D eigenvalue weighted by atomic mass is 15.0. The van der Waals surface area contributed by atoms with Crippen LogP contribution < -0.4 is 10.6 Å². The molecule has 2 fully saturated rings. The number of rotatable bonds is 3. The molecule has 0 spiro atoms. The zero-order valence-electron chi connectivity index (χ0n) is 13.5. The van der Waals surface area contributed by atoms with Gasteiger partial charge >= 0.3 is 0 Å². The van der Waals surface area contributed by atoms with E-state index in [4.69, 9.17) is 0 Å². The second-order valence-electron chi connectivity index (χ2n) is 7.87. The van der Waals surface area contributed by atoms with Gasteiger partial charge in [0.05, 0.1) is 0 Å². The first-order chi connectivity index (χ1) is 8.98. The molecule has 0 amide bonds. The molecular weight excluding hydrogens is 232 g/mol. The second-order valence-corrected chi connectivity index (χ2v) is 7.87. The van der Waals surface area contributed by atoms with Crippen molar-refractivity contribution < 1.29 is 0 Å². The van der Waals surface area contributed by atoms with E-state index in [0.29, 0.717) is 11.5 Å². The Morgan fingerprint density at radius 2 is 1.68 bits per heavy atom. The standard InChI is InChI=1S/C17H34N2/c1-13(17(2,3)4)19-16-11-6-5-9-14(16)15-10-7-8-12-18-15/h13-16,18-19H,5-12H2,1-4H3. The maximum Gasteiger partial charge on any atom is 0.0113 e. The van der Waals surface area contributed by atoms with Crippen LogP contribution in [0.5, 0.6) is 0 Å². The minimum atomic E-state index is 0.363. The summed E-state index contributed by atoms with van der Waals surface area (Å²) in [6.07, 6.45) is 9.85. The zero-order valence-corrected chi connectivity index (χ0v) is 13.5. The molecule has 4 atom stereocenters. The van der Waals surface area contributed by atoms with Crippen molar-refractivity contribution in [2.24, 2.45) is 11.3 Å². The molecule has 1 heterocycles. The molecule has 0 aromatic rings. The number of piperidine rings is 1. The van der Waals surface area contributed by atoms with Gasteiger partial charge in [0, 0.05) is 18.1 Å². The fraction of sp³-hybridized carbons (Fsp3) is 1.00. The summed E-state index contributed by atoms with van der Waals surface area (Å²) in [5.74, 6) is 0.860. The first-order valence-corrected chi connectivity index (χ1v) is 8.48. The molecule has 0 bridgehead atoms. The Balaban J connectivity index is 1.95. The third kappa shape index (κ3) is 4.19. The zero-order chi connectivity index (χ0) is 13.9. The third-order valence-corrected chi connectivity index (χ3v) is 5.45. The molecule has 1 aliphatic heterocycles. The van der Waals surface area contributed by atoms with Gasteiger partial charge in [0.1, 0.15) is 0 Å². The van der Waals surface area contributed by atoms with E-state index in [1.165, 1.54) is 51.5 Å². The van der Waals surface area contributed by atoms with Gasteiger partial charge in [-0.15, -0.1) is 0 Å². The topological polar surface area (TPSA) is 24.1 Å². The van der Waals surface area contributed by atoms with E-state index in [1.54, 1.807) is 0 Å². The number of nitrogens with one attached hydrogen (secondary N) is 2. The Kier molecular flexibility index (Phi) is 5.30. The van der Waals surface area contributed by atoms with Gasteiger partial charge in [-0.25, -0.2) is 0 Å². The summed E-state index contributed by atoms with van der Waals surface area (Å²) < 4.78 is 0. The van der Waals surface area contributed by atoms with Crippen LogP contribution in [0.4, 0.5) is 0 Å². The Bertz CT molecular complexity index is 263. The van der Waals surface area contributed by atoms with Gasteiger partial charge < -0.3 is 10.6 Å². The van der Waals surface area contributed by atoms with Crippen molar-refractivity contribution in [2.45, 2.75) is 90.8 Å². The van der Waals surface area contributed by atoms with Gasteiger partial charge in [0.15, 0.2) is 0 Å². The Morgan fingerprint density at radius 3 is 2.32 bits per heavy atom. The fourth-order valence-corrected chi connectivity index (χ4v) is 3.66. The van der Waals surface area contributed by atoms with Crippen LogP contribution in [0.25, 0.3) is 0 Å². The molecule has 0 aromatic heterocycles. The lowest BCUT2D eigenvalue weighted by molar-refractivity contribution is 0.149. The molecule has 1 saturated heterocycles. The predicted molar refractivity (Wildman–Crippen MR) is 83.4 cm³/mol. The molecule has 2 aliphatic rings.